The van der Waals surface area contributed by atoms with Crippen LogP contribution in [0.15, 0.2) is 16.6 Å². The smallest absolute Gasteiger partial charge is 0.0551 e. The van der Waals surface area contributed by atoms with Gasteiger partial charge < -0.3 is 5.73 Å². The van der Waals surface area contributed by atoms with Gasteiger partial charge in [-0.05, 0) is 46.0 Å². The van der Waals surface area contributed by atoms with E-state index in [-0.39, 0.29) is 6.04 Å². The lowest BCUT2D eigenvalue weighted by Crippen LogP contribution is -2.04. The summed E-state index contributed by atoms with van der Waals surface area (Å²) in [6, 6.07) is 4.13. The predicted molar refractivity (Wildman–Crippen MR) is 54.4 cm³/mol. The van der Waals surface area contributed by atoms with Gasteiger partial charge in [0.15, 0.2) is 0 Å². The van der Waals surface area contributed by atoms with E-state index in [9.17, 15) is 0 Å². The predicted octanol–water partition coefficient (Wildman–Crippen LogP) is 3.05. The van der Waals surface area contributed by atoms with Gasteiger partial charge in [0.05, 0.1) is 5.02 Å². The summed E-state index contributed by atoms with van der Waals surface area (Å²) in [5.74, 6) is 0. The number of nitrogens with two attached hydrogens (primary N) is 1. The molecule has 0 fully saturated rings. The van der Waals surface area contributed by atoms with Crippen molar-refractivity contribution >= 4 is 27.5 Å². The molecule has 0 saturated heterocycles. The van der Waals surface area contributed by atoms with Gasteiger partial charge in [-0.2, -0.15) is 0 Å². The molecule has 1 atom stereocenters. The van der Waals surface area contributed by atoms with Crippen LogP contribution < -0.4 is 5.73 Å². The molecule has 64 valence electrons. The molecule has 1 aliphatic rings. The van der Waals surface area contributed by atoms with Gasteiger partial charge in [-0.3, -0.25) is 0 Å². The van der Waals surface area contributed by atoms with E-state index in [1.165, 1.54) is 11.1 Å². The second-order valence-corrected chi connectivity index (χ2v) is 4.27. The molecular weight excluding hydrogens is 237 g/mol. The van der Waals surface area contributed by atoms with Crippen LogP contribution in [0.1, 0.15) is 23.6 Å². The fraction of sp³-hybridized carbons (Fsp3) is 0.333. The summed E-state index contributed by atoms with van der Waals surface area (Å²) >= 11 is 9.42. The topological polar surface area (TPSA) is 26.0 Å². The number of rotatable bonds is 0. The molecule has 2 N–H and O–H groups in total. The summed E-state index contributed by atoms with van der Waals surface area (Å²) in [4.78, 5) is 0. The molecular formula is C9H9BrClN. The van der Waals surface area contributed by atoms with Crippen LogP contribution in [0.3, 0.4) is 0 Å². The highest BCUT2D eigenvalue weighted by Crippen LogP contribution is 2.37. The Hall–Kier alpha value is -0.0500. The van der Waals surface area contributed by atoms with Gasteiger partial charge in [-0.25, -0.2) is 0 Å². The van der Waals surface area contributed by atoms with Gasteiger partial charge in [-0.1, -0.05) is 17.7 Å². The van der Waals surface area contributed by atoms with E-state index in [4.69, 9.17) is 17.3 Å². The second kappa shape index (κ2) is 3.02. The Kier molecular flexibility index (Phi) is 2.15. The molecule has 0 unspecified atom stereocenters. The highest BCUT2D eigenvalue weighted by Gasteiger charge is 2.21. The molecule has 0 aromatic heterocycles. The van der Waals surface area contributed by atoms with Crippen LogP contribution in [-0.2, 0) is 6.42 Å². The molecule has 0 spiro atoms. The molecule has 0 amide bonds. The van der Waals surface area contributed by atoms with Crippen LogP contribution in [0.4, 0.5) is 0 Å². The van der Waals surface area contributed by atoms with Gasteiger partial charge in [0.1, 0.15) is 0 Å². The van der Waals surface area contributed by atoms with E-state index >= 15 is 0 Å². The fourth-order valence-electron chi connectivity index (χ4n) is 1.66. The first-order valence-electron chi connectivity index (χ1n) is 3.92. The third-order valence-corrected chi connectivity index (χ3v) is 3.79. The minimum atomic E-state index is 0.202. The summed E-state index contributed by atoms with van der Waals surface area (Å²) < 4.78 is 1.02. The monoisotopic (exact) mass is 245 g/mol. The molecule has 0 aliphatic heterocycles. The summed E-state index contributed by atoms with van der Waals surface area (Å²) in [6.45, 7) is 0. The molecule has 1 aromatic rings. The maximum absolute atomic E-state index is 5.95. The van der Waals surface area contributed by atoms with Gasteiger partial charge >= 0.3 is 0 Å². The minimum Gasteiger partial charge on any atom is -0.324 e. The highest BCUT2D eigenvalue weighted by atomic mass is 79.9. The van der Waals surface area contributed by atoms with Crippen LogP contribution >= 0.6 is 27.5 Å². The molecule has 1 aromatic carbocycles. The molecule has 0 saturated carbocycles. The third-order valence-electron chi connectivity index (χ3n) is 2.34. The molecule has 0 bridgehead atoms. The van der Waals surface area contributed by atoms with Gasteiger partial charge in [0.25, 0.3) is 0 Å². The normalized spacial score (nSPS) is 21.1. The Labute approximate surface area is 85.0 Å². The molecule has 12 heavy (non-hydrogen) atoms. The third kappa shape index (κ3) is 1.18. The van der Waals surface area contributed by atoms with E-state index in [0.29, 0.717) is 0 Å². The maximum atomic E-state index is 5.95. The number of benzene rings is 1. The highest BCUT2D eigenvalue weighted by molar-refractivity contribution is 9.10. The Morgan fingerprint density at radius 2 is 2.25 bits per heavy atom. The van der Waals surface area contributed by atoms with Crippen LogP contribution in [-0.4, -0.2) is 0 Å². The van der Waals surface area contributed by atoms with Crippen molar-refractivity contribution in [1.29, 1.82) is 0 Å². The van der Waals surface area contributed by atoms with Gasteiger partial charge in [0, 0.05) is 10.5 Å². The first-order valence-corrected chi connectivity index (χ1v) is 5.09. The second-order valence-electron chi connectivity index (χ2n) is 3.07. The van der Waals surface area contributed by atoms with Gasteiger partial charge in [0.2, 0.25) is 0 Å². The molecule has 2 rings (SSSR count). The Morgan fingerprint density at radius 1 is 1.50 bits per heavy atom. The number of hydrogen-bond acceptors (Lipinski definition) is 1. The molecule has 0 radical (unpaired) electrons. The first kappa shape index (κ1) is 8.54. The SMILES string of the molecule is N[C@@H]1CCc2c1ccc(Cl)c2Br. The Balaban J connectivity index is 2.60. The molecule has 1 aliphatic carbocycles. The number of fused-ring (bicyclic) bond motifs is 1. The summed E-state index contributed by atoms with van der Waals surface area (Å²) in [6.07, 6.45) is 2.08. The van der Waals surface area contributed by atoms with Crippen LogP contribution in [0.2, 0.25) is 5.02 Å². The molecule has 3 heteroatoms. The van der Waals surface area contributed by atoms with Crippen molar-refractivity contribution in [1.82, 2.24) is 0 Å². The molecule has 0 heterocycles. The Bertz CT molecular complexity index is 325. The maximum Gasteiger partial charge on any atom is 0.0551 e. The zero-order chi connectivity index (χ0) is 8.72. The largest absolute Gasteiger partial charge is 0.324 e. The van der Waals surface area contributed by atoms with Gasteiger partial charge in [-0.15, -0.1) is 0 Å². The summed E-state index contributed by atoms with van der Waals surface area (Å²) in [7, 11) is 0. The fourth-order valence-corrected chi connectivity index (χ4v) is 2.40. The zero-order valence-electron chi connectivity index (χ0n) is 6.48. The zero-order valence-corrected chi connectivity index (χ0v) is 8.82. The quantitative estimate of drug-likeness (QED) is 0.748. The van der Waals surface area contributed by atoms with E-state index in [1.807, 2.05) is 12.1 Å². The van der Waals surface area contributed by atoms with Crippen molar-refractivity contribution < 1.29 is 0 Å². The van der Waals surface area contributed by atoms with Crippen molar-refractivity contribution in [3.8, 4) is 0 Å². The van der Waals surface area contributed by atoms with Crippen LogP contribution in [0, 0.1) is 0 Å². The number of halogens is 2. The standard InChI is InChI=1S/C9H9BrClN/c10-9-6-2-4-8(12)5(6)1-3-7(9)11/h1,3,8H,2,4,12H2/t8-/m1/s1. The average molecular weight is 247 g/mol. The number of hydrogen-bond donors (Lipinski definition) is 1. The minimum absolute atomic E-state index is 0.202. The lowest BCUT2D eigenvalue weighted by molar-refractivity contribution is 0.713. The lowest BCUT2D eigenvalue weighted by Gasteiger charge is -2.06. The van der Waals surface area contributed by atoms with Crippen LogP contribution in [0.25, 0.3) is 0 Å². The molecule has 1 nitrogen and oxygen atoms in total. The van der Waals surface area contributed by atoms with E-state index in [0.717, 1.165) is 22.3 Å². The average Bonchev–Trinajstić information content (AvgIpc) is 2.41. The lowest BCUT2D eigenvalue weighted by atomic mass is 10.1. The van der Waals surface area contributed by atoms with Crippen molar-refractivity contribution in [2.45, 2.75) is 18.9 Å². The van der Waals surface area contributed by atoms with Crippen molar-refractivity contribution in [2.24, 2.45) is 5.73 Å². The van der Waals surface area contributed by atoms with E-state index < -0.39 is 0 Å². The Morgan fingerprint density at radius 3 is 3.00 bits per heavy atom. The van der Waals surface area contributed by atoms with Crippen molar-refractivity contribution in [2.75, 3.05) is 0 Å². The van der Waals surface area contributed by atoms with E-state index in [1.54, 1.807) is 0 Å². The van der Waals surface area contributed by atoms with Crippen LogP contribution in [0.5, 0.6) is 0 Å². The summed E-state index contributed by atoms with van der Waals surface area (Å²) in [5, 5.41) is 0.780. The van der Waals surface area contributed by atoms with Crippen molar-refractivity contribution in [3.63, 3.8) is 0 Å². The first-order chi connectivity index (χ1) is 5.70. The summed E-state index contributed by atoms with van der Waals surface area (Å²) in [5.41, 5.74) is 8.43. The van der Waals surface area contributed by atoms with E-state index in [2.05, 4.69) is 15.9 Å². The van der Waals surface area contributed by atoms with Crippen molar-refractivity contribution in [3.05, 3.63) is 32.8 Å².